The van der Waals surface area contributed by atoms with E-state index >= 15 is 0 Å². The minimum atomic E-state index is -0.131. The third-order valence-corrected chi connectivity index (χ3v) is 3.04. The van der Waals surface area contributed by atoms with Crippen molar-refractivity contribution in [3.63, 3.8) is 0 Å². The number of ether oxygens (including phenoxy) is 1. The van der Waals surface area contributed by atoms with Gasteiger partial charge in [0.05, 0.1) is 18.8 Å². The second kappa shape index (κ2) is 4.70. The van der Waals surface area contributed by atoms with Crippen molar-refractivity contribution in [2.75, 3.05) is 19.7 Å². The normalized spacial score (nSPS) is 24.6. The van der Waals surface area contributed by atoms with E-state index in [2.05, 4.69) is 5.32 Å². The molecule has 2 atom stereocenters. The van der Waals surface area contributed by atoms with Gasteiger partial charge in [0.25, 0.3) is 0 Å². The van der Waals surface area contributed by atoms with Crippen LogP contribution in [0.15, 0.2) is 16.7 Å². The lowest BCUT2D eigenvalue weighted by Crippen LogP contribution is -2.24. The molecule has 2 heterocycles. The zero-order chi connectivity index (χ0) is 11.5. The monoisotopic (exact) mass is 223 g/mol. The summed E-state index contributed by atoms with van der Waals surface area (Å²) in [6.07, 6.45) is 1.67. The second-order valence-corrected chi connectivity index (χ2v) is 4.09. The second-order valence-electron chi connectivity index (χ2n) is 4.09. The Morgan fingerprint density at radius 1 is 1.62 bits per heavy atom. The highest BCUT2D eigenvalue weighted by Crippen LogP contribution is 2.31. The van der Waals surface area contributed by atoms with Crippen LogP contribution in [0, 0.1) is 12.8 Å². The van der Waals surface area contributed by atoms with Gasteiger partial charge >= 0.3 is 5.97 Å². The summed E-state index contributed by atoms with van der Waals surface area (Å²) in [5.74, 6) is 0.759. The summed E-state index contributed by atoms with van der Waals surface area (Å²) in [5.41, 5.74) is 1.10. The van der Waals surface area contributed by atoms with Crippen LogP contribution >= 0.6 is 0 Å². The third-order valence-electron chi connectivity index (χ3n) is 3.04. The summed E-state index contributed by atoms with van der Waals surface area (Å²) < 4.78 is 10.5. The summed E-state index contributed by atoms with van der Waals surface area (Å²) in [6.45, 7) is 5.70. The first-order valence-electron chi connectivity index (χ1n) is 5.65. The molecule has 1 aliphatic heterocycles. The molecule has 4 heteroatoms. The highest BCUT2D eigenvalue weighted by atomic mass is 16.5. The molecule has 1 N–H and O–H groups in total. The molecule has 0 radical (unpaired) electrons. The van der Waals surface area contributed by atoms with Gasteiger partial charge in [0.2, 0.25) is 0 Å². The maximum Gasteiger partial charge on any atom is 0.311 e. The van der Waals surface area contributed by atoms with Crippen LogP contribution in [0.5, 0.6) is 0 Å². The number of esters is 1. The van der Waals surface area contributed by atoms with E-state index in [1.54, 1.807) is 6.26 Å². The number of furan rings is 1. The zero-order valence-electron chi connectivity index (χ0n) is 9.66. The van der Waals surface area contributed by atoms with Crippen LogP contribution in [0.1, 0.15) is 24.2 Å². The van der Waals surface area contributed by atoms with E-state index in [4.69, 9.17) is 9.15 Å². The smallest absolute Gasteiger partial charge is 0.311 e. The van der Waals surface area contributed by atoms with Crippen molar-refractivity contribution in [3.05, 3.63) is 23.7 Å². The molecule has 1 aromatic rings. The fraction of sp³-hybridized carbons (Fsp3) is 0.583. The number of carbonyl (C=O) groups excluding carboxylic acids is 1. The summed E-state index contributed by atoms with van der Waals surface area (Å²) in [6, 6.07) is 1.93. The molecule has 0 aliphatic carbocycles. The lowest BCUT2D eigenvalue weighted by molar-refractivity contribution is -0.147. The standard InChI is InChI=1S/C12H17NO3/c1-3-15-12(14)10-7-13-6-9(10)11-8(2)4-5-16-11/h4-5,9-10,13H,3,6-7H2,1-2H3. The van der Waals surface area contributed by atoms with Crippen molar-refractivity contribution in [2.24, 2.45) is 5.92 Å². The average molecular weight is 223 g/mol. The lowest BCUT2D eigenvalue weighted by Gasteiger charge is -2.15. The van der Waals surface area contributed by atoms with Crippen LogP contribution in [-0.2, 0) is 9.53 Å². The van der Waals surface area contributed by atoms with Gasteiger partial charge in [-0.3, -0.25) is 4.79 Å². The van der Waals surface area contributed by atoms with Crippen LogP contribution in [0.2, 0.25) is 0 Å². The van der Waals surface area contributed by atoms with Crippen LogP contribution < -0.4 is 5.32 Å². The Hall–Kier alpha value is -1.29. The molecule has 1 fully saturated rings. The van der Waals surface area contributed by atoms with Crippen molar-refractivity contribution in [1.82, 2.24) is 5.32 Å². The largest absolute Gasteiger partial charge is 0.469 e. The van der Waals surface area contributed by atoms with Crippen molar-refractivity contribution < 1.29 is 13.9 Å². The van der Waals surface area contributed by atoms with Gasteiger partial charge in [0, 0.05) is 19.0 Å². The van der Waals surface area contributed by atoms with Crippen molar-refractivity contribution in [2.45, 2.75) is 19.8 Å². The Morgan fingerprint density at radius 2 is 2.44 bits per heavy atom. The lowest BCUT2D eigenvalue weighted by atomic mass is 9.92. The minimum Gasteiger partial charge on any atom is -0.469 e. The SMILES string of the molecule is CCOC(=O)C1CNCC1c1occc1C. The van der Waals surface area contributed by atoms with E-state index < -0.39 is 0 Å². The Kier molecular flexibility index (Phi) is 3.29. The Bertz CT molecular complexity index is 372. The van der Waals surface area contributed by atoms with Gasteiger partial charge in [0.15, 0.2) is 0 Å². The van der Waals surface area contributed by atoms with Gasteiger partial charge in [0.1, 0.15) is 5.76 Å². The van der Waals surface area contributed by atoms with E-state index in [9.17, 15) is 4.79 Å². The van der Waals surface area contributed by atoms with Gasteiger partial charge < -0.3 is 14.5 Å². The number of hydrogen-bond donors (Lipinski definition) is 1. The first kappa shape index (κ1) is 11.2. The summed E-state index contributed by atoms with van der Waals surface area (Å²) >= 11 is 0. The summed E-state index contributed by atoms with van der Waals surface area (Å²) in [5, 5.41) is 3.22. The van der Waals surface area contributed by atoms with Crippen LogP contribution in [0.4, 0.5) is 0 Å². The number of aryl methyl sites for hydroxylation is 1. The first-order valence-corrected chi connectivity index (χ1v) is 5.65. The van der Waals surface area contributed by atoms with Gasteiger partial charge in [-0.1, -0.05) is 0 Å². The zero-order valence-corrected chi connectivity index (χ0v) is 9.66. The van der Waals surface area contributed by atoms with E-state index in [1.807, 2.05) is 19.9 Å². The molecule has 1 saturated heterocycles. The highest BCUT2D eigenvalue weighted by Gasteiger charge is 2.37. The molecule has 4 nitrogen and oxygen atoms in total. The van der Waals surface area contributed by atoms with E-state index in [0.29, 0.717) is 13.2 Å². The van der Waals surface area contributed by atoms with Gasteiger partial charge in [-0.25, -0.2) is 0 Å². The molecule has 0 saturated carbocycles. The molecule has 0 aromatic carbocycles. The minimum absolute atomic E-state index is 0.106. The average Bonchev–Trinajstić information content (AvgIpc) is 2.85. The fourth-order valence-electron chi connectivity index (χ4n) is 2.22. The van der Waals surface area contributed by atoms with Crippen molar-refractivity contribution in [1.29, 1.82) is 0 Å². The molecular formula is C12H17NO3. The molecule has 1 aliphatic rings. The molecule has 0 spiro atoms. The van der Waals surface area contributed by atoms with E-state index in [1.165, 1.54) is 0 Å². The Labute approximate surface area is 95.0 Å². The maximum atomic E-state index is 11.8. The highest BCUT2D eigenvalue weighted by molar-refractivity contribution is 5.74. The fourth-order valence-corrected chi connectivity index (χ4v) is 2.22. The third kappa shape index (κ3) is 1.97. The van der Waals surface area contributed by atoms with Gasteiger partial charge in [-0.2, -0.15) is 0 Å². The van der Waals surface area contributed by atoms with Crippen LogP contribution in [0.25, 0.3) is 0 Å². The summed E-state index contributed by atoms with van der Waals surface area (Å²) in [4.78, 5) is 11.8. The Morgan fingerprint density at radius 3 is 3.06 bits per heavy atom. The molecule has 1 aromatic heterocycles. The molecule has 2 unspecified atom stereocenters. The van der Waals surface area contributed by atoms with Gasteiger partial charge in [-0.15, -0.1) is 0 Å². The van der Waals surface area contributed by atoms with Gasteiger partial charge in [-0.05, 0) is 25.5 Å². The molecule has 88 valence electrons. The number of carbonyl (C=O) groups is 1. The first-order chi connectivity index (χ1) is 7.74. The topological polar surface area (TPSA) is 51.5 Å². The maximum absolute atomic E-state index is 11.8. The Balaban J connectivity index is 2.15. The van der Waals surface area contributed by atoms with E-state index in [-0.39, 0.29) is 17.8 Å². The van der Waals surface area contributed by atoms with Crippen molar-refractivity contribution in [3.8, 4) is 0 Å². The predicted octanol–water partition coefficient (Wildman–Crippen LogP) is 1.45. The van der Waals surface area contributed by atoms with Crippen molar-refractivity contribution >= 4 is 5.97 Å². The molecular weight excluding hydrogens is 206 g/mol. The number of hydrogen-bond acceptors (Lipinski definition) is 4. The van der Waals surface area contributed by atoms with E-state index in [0.717, 1.165) is 17.9 Å². The molecule has 0 amide bonds. The predicted molar refractivity (Wildman–Crippen MR) is 59.2 cm³/mol. The quantitative estimate of drug-likeness (QED) is 0.788. The number of rotatable bonds is 3. The van der Waals surface area contributed by atoms with Crippen LogP contribution in [-0.4, -0.2) is 25.7 Å². The van der Waals surface area contributed by atoms with Crippen LogP contribution in [0.3, 0.4) is 0 Å². The molecule has 16 heavy (non-hydrogen) atoms. The molecule has 0 bridgehead atoms. The number of nitrogens with one attached hydrogen (secondary N) is 1. The molecule has 2 rings (SSSR count). The summed E-state index contributed by atoms with van der Waals surface area (Å²) in [7, 11) is 0.